The van der Waals surface area contributed by atoms with Crippen LogP contribution in [-0.2, 0) is 0 Å². The summed E-state index contributed by atoms with van der Waals surface area (Å²) in [5.41, 5.74) is 0.702. The molecular formula is C7H12N2O2. The van der Waals surface area contributed by atoms with Gasteiger partial charge in [0.05, 0.1) is 0 Å². The van der Waals surface area contributed by atoms with Crippen LogP contribution < -0.4 is 0 Å². The molecule has 0 rings (SSSR count). The molecule has 0 heterocycles. The lowest BCUT2D eigenvalue weighted by atomic mass is 10.2. The number of nitrogens with zero attached hydrogens (tertiary/aromatic N) is 2. The highest BCUT2D eigenvalue weighted by molar-refractivity contribution is 5.54. The zero-order valence-electron chi connectivity index (χ0n) is 7.00. The van der Waals surface area contributed by atoms with E-state index in [2.05, 4.69) is 4.99 Å². The SMILES string of the molecule is C/C=N/C(=C(\C)CC)[N+](=O)[O-]. The van der Waals surface area contributed by atoms with E-state index in [9.17, 15) is 10.1 Å². The second-order valence-corrected chi connectivity index (χ2v) is 2.10. The smallest absolute Gasteiger partial charge is 0.358 e. The second-order valence-electron chi connectivity index (χ2n) is 2.10. The third kappa shape index (κ3) is 2.93. The quantitative estimate of drug-likeness (QED) is 0.356. The number of hydrogen-bond acceptors (Lipinski definition) is 3. The lowest BCUT2D eigenvalue weighted by molar-refractivity contribution is -0.427. The molecule has 11 heavy (non-hydrogen) atoms. The van der Waals surface area contributed by atoms with Crippen LogP contribution in [0.5, 0.6) is 0 Å². The van der Waals surface area contributed by atoms with Crippen molar-refractivity contribution in [2.45, 2.75) is 27.2 Å². The van der Waals surface area contributed by atoms with Gasteiger partial charge in [-0.05, 0) is 25.2 Å². The lowest BCUT2D eigenvalue weighted by Gasteiger charge is -1.95. The molecule has 0 aromatic rings. The van der Waals surface area contributed by atoms with E-state index in [4.69, 9.17) is 0 Å². The number of nitro groups is 1. The summed E-state index contributed by atoms with van der Waals surface area (Å²) >= 11 is 0. The molecule has 4 nitrogen and oxygen atoms in total. The Morgan fingerprint density at radius 2 is 2.27 bits per heavy atom. The van der Waals surface area contributed by atoms with Crippen LogP contribution in [0.2, 0.25) is 0 Å². The van der Waals surface area contributed by atoms with E-state index in [0.29, 0.717) is 12.0 Å². The van der Waals surface area contributed by atoms with E-state index in [1.165, 1.54) is 6.21 Å². The van der Waals surface area contributed by atoms with Crippen LogP contribution in [0, 0.1) is 10.1 Å². The Morgan fingerprint density at radius 3 is 2.55 bits per heavy atom. The molecule has 0 aromatic carbocycles. The van der Waals surface area contributed by atoms with Gasteiger partial charge >= 0.3 is 5.82 Å². The van der Waals surface area contributed by atoms with Crippen LogP contribution in [0.1, 0.15) is 27.2 Å². The first-order chi connectivity index (χ1) is 5.13. The monoisotopic (exact) mass is 156 g/mol. The van der Waals surface area contributed by atoms with Gasteiger partial charge in [-0.3, -0.25) is 0 Å². The van der Waals surface area contributed by atoms with Crippen LogP contribution >= 0.6 is 0 Å². The van der Waals surface area contributed by atoms with E-state index < -0.39 is 4.92 Å². The minimum Gasteiger partial charge on any atom is -0.358 e. The van der Waals surface area contributed by atoms with E-state index in [-0.39, 0.29) is 5.82 Å². The van der Waals surface area contributed by atoms with Crippen LogP contribution in [0.15, 0.2) is 16.4 Å². The van der Waals surface area contributed by atoms with E-state index >= 15 is 0 Å². The van der Waals surface area contributed by atoms with Crippen molar-refractivity contribution in [1.82, 2.24) is 0 Å². The number of aliphatic imine (C=N–C) groups is 1. The Morgan fingerprint density at radius 1 is 1.73 bits per heavy atom. The molecule has 0 radical (unpaired) electrons. The highest BCUT2D eigenvalue weighted by Gasteiger charge is 2.09. The first-order valence-electron chi connectivity index (χ1n) is 3.46. The molecule has 4 heteroatoms. The van der Waals surface area contributed by atoms with Gasteiger partial charge in [-0.2, -0.15) is 0 Å². The summed E-state index contributed by atoms with van der Waals surface area (Å²) in [6, 6.07) is 0. The molecule has 0 saturated carbocycles. The summed E-state index contributed by atoms with van der Waals surface area (Å²) in [5, 5.41) is 10.3. The zero-order valence-corrected chi connectivity index (χ0v) is 7.00. The molecule has 0 atom stereocenters. The molecule has 0 bridgehead atoms. The van der Waals surface area contributed by atoms with Crippen molar-refractivity contribution in [1.29, 1.82) is 0 Å². The van der Waals surface area contributed by atoms with Crippen molar-refractivity contribution in [3.05, 3.63) is 21.5 Å². The Kier molecular flexibility index (Phi) is 4.10. The van der Waals surface area contributed by atoms with Gasteiger partial charge < -0.3 is 10.1 Å². The van der Waals surface area contributed by atoms with E-state index in [1.54, 1.807) is 13.8 Å². The summed E-state index contributed by atoms with van der Waals surface area (Å²) in [7, 11) is 0. The fraction of sp³-hybridized carbons (Fsp3) is 0.571. The first-order valence-corrected chi connectivity index (χ1v) is 3.46. The topological polar surface area (TPSA) is 55.5 Å². The Bertz CT molecular complexity index is 206. The van der Waals surface area contributed by atoms with E-state index in [0.717, 1.165) is 0 Å². The maximum absolute atomic E-state index is 10.3. The predicted molar refractivity (Wildman–Crippen MR) is 44.2 cm³/mol. The molecule has 0 aliphatic rings. The number of allylic oxidation sites excluding steroid dienone is 1. The molecule has 0 aromatic heterocycles. The molecule has 0 aliphatic heterocycles. The maximum atomic E-state index is 10.3. The predicted octanol–water partition coefficient (Wildman–Crippen LogP) is 2.00. The maximum Gasteiger partial charge on any atom is 0.361 e. The summed E-state index contributed by atoms with van der Waals surface area (Å²) in [6.07, 6.45) is 2.09. The van der Waals surface area contributed by atoms with Gasteiger partial charge in [0.25, 0.3) is 0 Å². The second kappa shape index (κ2) is 4.60. The third-order valence-electron chi connectivity index (χ3n) is 1.34. The average Bonchev–Trinajstić information content (AvgIpc) is 1.98. The van der Waals surface area contributed by atoms with Gasteiger partial charge in [-0.1, -0.05) is 11.9 Å². The fourth-order valence-corrected chi connectivity index (χ4v) is 0.594. The molecule has 0 amide bonds. The highest BCUT2D eigenvalue weighted by atomic mass is 16.6. The van der Waals surface area contributed by atoms with Gasteiger partial charge in [0.15, 0.2) is 0 Å². The lowest BCUT2D eigenvalue weighted by Crippen LogP contribution is -1.98. The van der Waals surface area contributed by atoms with Crippen LogP contribution in [0.25, 0.3) is 0 Å². The molecular weight excluding hydrogens is 144 g/mol. The molecule has 0 aliphatic carbocycles. The van der Waals surface area contributed by atoms with Crippen molar-refractivity contribution in [2.75, 3.05) is 0 Å². The largest absolute Gasteiger partial charge is 0.361 e. The molecule has 0 fully saturated rings. The molecule has 0 unspecified atom stereocenters. The zero-order chi connectivity index (χ0) is 8.85. The first kappa shape index (κ1) is 9.81. The summed E-state index contributed by atoms with van der Waals surface area (Å²) in [5.74, 6) is -0.0324. The van der Waals surface area contributed by atoms with Gasteiger partial charge in [0.2, 0.25) is 0 Å². The number of hydrogen-bond donors (Lipinski definition) is 0. The average molecular weight is 156 g/mol. The van der Waals surface area contributed by atoms with Crippen LogP contribution in [0.4, 0.5) is 0 Å². The summed E-state index contributed by atoms with van der Waals surface area (Å²) in [4.78, 5) is 13.5. The highest BCUT2D eigenvalue weighted by Crippen LogP contribution is 2.08. The third-order valence-corrected chi connectivity index (χ3v) is 1.34. The minimum absolute atomic E-state index is 0.0324. The standard InChI is InChI=1S/C7H12N2O2/c1-4-6(3)7(8-5-2)9(10)11/h5H,4H2,1-3H3/b7-6-,8-5+. The molecule has 0 saturated heterocycles. The van der Waals surface area contributed by atoms with Gasteiger partial charge in [-0.15, -0.1) is 0 Å². The molecule has 0 spiro atoms. The van der Waals surface area contributed by atoms with Crippen molar-refractivity contribution >= 4 is 6.21 Å². The normalized spacial score (nSPS) is 13.4. The van der Waals surface area contributed by atoms with E-state index in [1.807, 2.05) is 6.92 Å². The summed E-state index contributed by atoms with van der Waals surface area (Å²) < 4.78 is 0. The van der Waals surface area contributed by atoms with Crippen molar-refractivity contribution in [2.24, 2.45) is 4.99 Å². The molecule has 0 N–H and O–H groups in total. The minimum atomic E-state index is -0.459. The van der Waals surface area contributed by atoms with Crippen molar-refractivity contribution in [3.8, 4) is 0 Å². The van der Waals surface area contributed by atoms with Gasteiger partial charge in [-0.25, -0.2) is 0 Å². The van der Waals surface area contributed by atoms with Gasteiger partial charge in [0, 0.05) is 5.57 Å². The molecule has 62 valence electrons. The van der Waals surface area contributed by atoms with Crippen molar-refractivity contribution in [3.63, 3.8) is 0 Å². The Labute approximate surface area is 65.8 Å². The summed E-state index contributed by atoms with van der Waals surface area (Å²) in [6.45, 7) is 5.24. The van der Waals surface area contributed by atoms with Crippen molar-refractivity contribution < 1.29 is 4.92 Å². The fourth-order valence-electron chi connectivity index (χ4n) is 0.594. The number of rotatable bonds is 3. The Hall–Kier alpha value is -1.19. The van der Waals surface area contributed by atoms with Crippen LogP contribution in [-0.4, -0.2) is 11.1 Å². The Balaban J connectivity index is 4.72. The van der Waals surface area contributed by atoms with Crippen LogP contribution in [0.3, 0.4) is 0 Å². The van der Waals surface area contributed by atoms with Gasteiger partial charge in [0.1, 0.15) is 6.21 Å².